The molecule has 3 heteroatoms. The van der Waals surface area contributed by atoms with E-state index < -0.39 is 0 Å². The number of carbonyl (C=O) groups excluding carboxylic acids is 1. The van der Waals surface area contributed by atoms with Crippen molar-refractivity contribution in [3.8, 4) is 0 Å². The maximum atomic E-state index is 11.6. The van der Waals surface area contributed by atoms with Crippen LogP contribution in [0.2, 0.25) is 0 Å². The second-order valence-corrected chi connectivity index (χ2v) is 4.81. The number of hydrogen-bond acceptors (Lipinski definition) is 2. The Labute approximate surface area is 78.8 Å². The van der Waals surface area contributed by atoms with Gasteiger partial charge >= 0.3 is 0 Å². The van der Waals surface area contributed by atoms with E-state index in [4.69, 9.17) is 4.74 Å². The van der Waals surface area contributed by atoms with Crippen LogP contribution in [0.3, 0.4) is 0 Å². The monoisotopic (exact) mass is 183 g/mol. The average Bonchev–Trinajstić information content (AvgIpc) is 2.49. The smallest absolute Gasteiger partial charge is 0.223 e. The molecule has 1 aliphatic heterocycles. The molecular formula is C10H17NO2. The van der Waals surface area contributed by atoms with Crippen molar-refractivity contribution in [2.45, 2.75) is 32.7 Å². The summed E-state index contributed by atoms with van der Waals surface area (Å²) in [6.45, 7) is 5.77. The minimum Gasteiger partial charge on any atom is -0.379 e. The summed E-state index contributed by atoms with van der Waals surface area (Å²) in [5, 5.41) is 3.03. The van der Waals surface area contributed by atoms with E-state index >= 15 is 0 Å². The molecule has 2 atom stereocenters. The van der Waals surface area contributed by atoms with Crippen LogP contribution in [0.5, 0.6) is 0 Å². The van der Waals surface area contributed by atoms with Gasteiger partial charge in [0.1, 0.15) is 0 Å². The Morgan fingerprint density at radius 3 is 2.69 bits per heavy atom. The van der Waals surface area contributed by atoms with E-state index in [1.165, 1.54) is 0 Å². The Hall–Kier alpha value is -0.570. The van der Waals surface area contributed by atoms with Crippen molar-refractivity contribution >= 4 is 5.91 Å². The Morgan fingerprint density at radius 1 is 1.54 bits per heavy atom. The van der Waals surface area contributed by atoms with E-state index in [9.17, 15) is 4.79 Å². The third-order valence-corrected chi connectivity index (χ3v) is 3.11. The first-order valence-electron chi connectivity index (χ1n) is 4.98. The third-order valence-electron chi connectivity index (χ3n) is 3.11. The first kappa shape index (κ1) is 9.00. The van der Waals surface area contributed by atoms with Crippen LogP contribution in [0.15, 0.2) is 0 Å². The summed E-state index contributed by atoms with van der Waals surface area (Å²) in [6, 6.07) is 0.267. The van der Waals surface area contributed by atoms with E-state index in [2.05, 4.69) is 19.2 Å². The van der Waals surface area contributed by atoms with E-state index in [0.29, 0.717) is 6.61 Å². The lowest BCUT2D eigenvalue weighted by atomic mass is 10.1. The molecule has 0 radical (unpaired) electrons. The van der Waals surface area contributed by atoms with Crippen molar-refractivity contribution in [3.05, 3.63) is 0 Å². The van der Waals surface area contributed by atoms with Crippen molar-refractivity contribution < 1.29 is 9.53 Å². The number of nitrogens with one attached hydrogen (secondary N) is 1. The van der Waals surface area contributed by atoms with Crippen LogP contribution in [0.1, 0.15) is 26.7 Å². The second kappa shape index (κ2) is 2.98. The summed E-state index contributed by atoms with van der Waals surface area (Å²) in [4.78, 5) is 11.6. The molecule has 0 aromatic carbocycles. The molecule has 1 aliphatic carbocycles. The zero-order chi connectivity index (χ0) is 9.47. The fraction of sp³-hybridized carbons (Fsp3) is 0.900. The number of ether oxygens (including phenoxy) is 1. The summed E-state index contributed by atoms with van der Waals surface area (Å²) in [5.41, 5.74) is 0.240. The fourth-order valence-corrected chi connectivity index (χ4v) is 1.86. The van der Waals surface area contributed by atoms with Crippen LogP contribution >= 0.6 is 0 Å². The van der Waals surface area contributed by atoms with Crippen molar-refractivity contribution in [2.24, 2.45) is 11.3 Å². The van der Waals surface area contributed by atoms with Gasteiger partial charge in [0.2, 0.25) is 5.91 Å². The third kappa shape index (κ3) is 1.85. The van der Waals surface area contributed by atoms with Gasteiger partial charge in [0, 0.05) is 12.5 Å². The summed E-state index contributed by atoms with van der Waals surface area (Å²) in [7, 11) is 0. The molecule has 3 nitrogen and oxygen atoms in total. The molecule has 0 bridgehead atoms. The quantitative estimate of drug-likeness (QED) is 0.692. The van der Waals surface area contributed by atoms with E-state index in [-0.39, 0.29) is 23.3 Å². The lowest BCUT2D eigenvalue weighted by Gasteiger charge is -2.11. The summed E-state index contributed by atoms with van der Waals surface area (Å²) in [6.07, 6.45) is 2.01. The molecule has 0 spiro atoms. The predicted octanol–water partition coefficient (Wildman–Crippen LogP) is 0.938. The SMILES string of the molecule is CC1(C)CC1C(=O)NC1CCOC1. The first-order valence-corrected chi connectivity index (χ1v) is 4.98. The van der Waals surface area contributed by atoms with Gasteiger partial charge in [-0.25, -0.2) is 0 Å². The minimum absolute atomic E-state index is 0.223. The van der Waals surface area contributed by atoms with Crippen molar-refractivity contribution in [1.29, 1.82) is 0 Å². The van der Waals surface area contributed by atoms with Gasteiger partial charge in [0.25, 0.3) is 0 Å². The number of rotatable bonds is 2. The largest absolute Gasteiger partial charge is 0.379 e. The molecule has 74 valence electrons. The van der Waals surface area contributed by atoms with Gasteiger partial charge < -0.3 is 10.1 Å². The highest BCUT2D eigenvalue weighted by Gasteiger charge is 2.50. The zero-order valence-electron chi connectivity index (χ0n) is 8.30. The van der Waals surface area contributed by atoms with E-state index in [0.717, 1.165) is 19.4 Å². The van der Waals surface area contributed by atoms with Crippen LogP contribution in [0.25, 0.3) is 0 Å². The summed E-state index contributed by atoms with van der Waals surface area (Å²) in [5.74, 6) is 0.466. The fourth-order valence-electron chi connectivity index (χ4n) is 1.86. The highest BCUT2D eigenvalue weighted by atomic mass is 16.5. The highest BCUT2D eigenvalue weighted by Crippen LogP contribution is 2.51. The van der Waals surface area contributed by atoms with Gasteiger partial charge in [-0.2, -0.15) is 0 Å². The Bertz CT molecular complexity index is 219. The lowest BCUT2D eigenvalue weighted by Crippen LogP contribution is -2.36. The lowest BCUT2D eigenvalue weighted by molar-refractivity contribution is -0.123. The van der Waals surface area contributed by atoms with Gasteiger partial charge in [-0.1, -0.05) is 13.8 Å². The van der Waals surface area contributed by atoms with Gasteiger partial charge in [-0.05, 0) is 18.3 Å². The van der Waals surface area contributed by atoms with E-state index in [1.807, 2.05) is 0 Å². The van der Waals surface area contributed by atoms with Gasteiger partial charge in [-0.15, -0.1) is 0 Å². The predicted molar refractivity (Wildman–Crippen MR) is 49.3 cm³/mol. The molecule has 1 heterocycles. The van der Waals surface area contributed by atoms with Crippen LogP contribution in [-0.4, -0.2) is 25.2 Å². The Morgan fingerprint density at radius 2 is 2.23 bits per heavy atom. The normalized spacial score (nSPS) is 35.8. The van der Waals surface area contributed by atoms with Gasteiger partial charge in [-0.3, -0.25) is 4.79 Å². The van der Waals surface area contributed by atoms with Gasteiger partial charge in [0.15, 0.2) is 0 Å². The number of hydrogen-bond donors (Lipinski definition) is 1. The van der Waals surface area contributed by atoms with Crippen LogP contribution in [0, 0.1) is 11.3 Å². The van der Waals surface area contributed by atoms with Gasteiger partial charge in [0.05, 0.1) is 12.6 Å². The highest BCUT2D eigenvalue weighted by molar-refractivity contribution is 5.82. The number of carbonyl (C=O) groups is 1. The molecular weight excluding hydrogens is 166 g/mol. The molecule has 0 aromatic heterocycles. The Kier molecular flexibility index (Phi) is 2.06. The van der Waals surface area contributed by atoms with Crippen LogP contribution in [-0.2, 0) is 9.53 Å². The van der Waals surface area contributed by atoms with Crippen molar-refractivity contribution in [3.63, 3.8) is 0 Å². The average molecular weight is 183 g/mol. The van der Waals surface area contributed by atoms with E-state index in [1.54, 1.807) is 0 Å². The van der Waals surface area contributed by atoms with Crippen LogP contribution < -0.4 is 5.32 Å². The topological polar surface area (TPSA) is 38.3 Å². The first-order chi connectivity index (χ1) is 6.09. The zero-order valence-corrected chi connectivity index (χ0v) is 8.30. The maximum Gasteiger partial charge on any atom is 0.223 e. The molecule has 2 rings (SSSR count). The molecule has 2 unspecified atom stereocenters. The minimum atomic E-state index is 0.223. The summed E-state index contributed by atoms with van der Waals surface area (Å²) < 4.78 is 5.20. The van der Waals surface area contributed by atoms with Crippen LogP contribution in [0.4, 0.5) is 0 Å². The molecule has 1 amide bonds. The van der Waals surface area contributed by atoms with Crippen molar-refractivity contribution in [1.82, 2.24) is 5.32 Å². The standard InChI is InChI=1S/C10H17NO2/c1-10(2)5-8(10)9(12)11-7-3-4-13-6-7/h7-8H,3-6H2,1-2H3,(H,11,12). The maximum absolute atomic E-state index is 11.6. The molecule has 1 N–H and O–H groups in total. The Balaban J connectivity index is 1.79. The molecule has 1 saturated heterocycles. The molecule has 0 aromatic rings. The molecule has 2 aliphatic rings. The molecule has 13 heavy (non-hydrogen) atoms. The van der Waals surface area contributed by atoms with Crippen molar-refractivity contribution in [2.75, 3.05) is 13.2 Å². The summed E-state index contributed by atoms with van der Waals surface area (Å²) >= 11 is 0. The second-order valence-electron chi connectivity index (χ2n) is 4.81. The molecule has 2 fully saturated rings. The number of amides is 1. The molecule has 1 saturated carbocycles.